The molecular formula is C16H16N2O4S. The van der Waals surface area contributed by atoms with Gasteiger partial charge in [0.05, 0.1) is 26.2 Å². The Balaban J connectivity index is 1.95. The summed E-state index contributed by atoms with van der Waals surface area (Å²) in [7, 11) is 3.10. The minimum absolute atomic E-state index is 0.155. The maximum atomic E-state index is 11.8. The summed E-state index contributed by atoms with van der Waals surface area (Å²) < 4.78 is 15.5. The standard InChI is InChI=1S/C16H16N2O4S/c1-20-12-5-7-13(14(10-12)21-2)17-16(23)18-15(19)8-6-11-4-3-9-22-11/h3-10H,1-2H3,(H2,17,18,19,23)/b8-6+. The number of rotatable bonds is 5. The molecule has 0 aliphatic carbocycles. The third-order valence-corrected chi connectivity index (χ3v) is 3.04. The number of anilines is 1. The average molecular weight is 332 g/mol. The molecule has 23 heavy (non-hydrogen) atoms. The predicted octanol–water partition coefficient (Wildman–Crippen LogP) is 2.82. The van der Waals surface area contributed by atoms with Crippen molar-refractivity contribution in [1.29, 1.82) is 0 Å². The molecule has 0 spiro atoms. The first-order chi connectivity index (χ1) is 11.1. The molecule has 0 atom stereocenters. The number of furan rings is 1. The van der Waals surface area contributed by atoms with E-state index in [4.69, 9.17) is 26.1 Å². The van der Waals surface area contributed by atoms with Gasteiger partial charge in [-0.3, -0.25) is 10.1 Å². The summed E-state index contributed by atoms with van der Waals surface area (Å²) in [4.78, 5) is 11.8. The van der Waals surface area contributed by atoms with Gasteiger partial charge in [0.15, 0.2) is 5.11 Å². The van der Waals surface area contributed by atoms with Gasteiger partial charge < -0.3 is 19.2 Å². The van der Waals surface area contributed by atoms with Crippen LogP contribution >= 0.6 is 12.2 Å². The number of ether oxygens (including phenoxy) is 2. The van der Waals surface area contributed by atoms with Crippen LogP contribution in [0.4, 0.5) is 5.69 Å². The third-order valence-electron chi connectivity index (χ3n) is 2.84. The molecule has 0 unspecified atom stereocenters. The van der Waals surface area contributed by atoms with Gasteiger partial charge in [0.1, 0.15) is 17.3 Å². The van der Waals surface area contributed by atoms with E-state index < -0.39 is 0 Å². The molecule has 6 nitrogen and oxygen atoms in total. The number of nitrogens with one attached hydrogen (secondary N) is 2. The second kappa shape index (κ2) is 8.00. The van der Waals surface area contributed by atoms with Crippen LogP contribution in [0.25, 0.3) is 6.08 Å². The molecule has 7 heteroatoms. The number of methoxy groups -OCH3 is 2. The van der Waals surface area contributed by atoms with Gasteiger partial charge >= 0.3 is 0 Å². The van der Waals surface area contributed by atoms with Crippen molar-refractivity contribution in [2.75, 3.05) is 19.5 Å². The molecule has 2 aromatic rings. The summed E-state index contributed by atoms with van der Waals surface area (Å²) in [6.45, 7) is 0. The molecule has 2 rings (SSSR count). The lowest BCUT2D eigenvalue weighted by Crippen LogP contribution is -2.32. The number of thiocarbonyl (C=S) groups is 1. The van der Waals surface area contributed by atoms with E-state index >= 15 is 0 Å². The fraction of sp³-hybridized carbons (Fsp3) is 0.125. The second-order valence-electron chi connectivity index (χ2n) is 4.36. The Morgan fingerprint density at radius 3 is 2.74 bits per heavy atom. The van der Waals surface area contributed by atoms with Crippen molar-refractivity contribution >= 4 is 35.0 Å². The minimum atomic E-state index is -0.369. The molecule has 1 amide bonds. The number of hydrogen-bond donors (Lipinski definition) is 2. The number of carbonyl (C=O) groups excluding carboxylic acids is 1. The van der Waals surface area contributed by atoms with Crippen LogP contribution in [-0.4, -0.2) is 25.2 Å². The fourth-order valence-electron chi connectivity index (χ4n) is 1.75. The molecule has 120 valence electrons. The van der Waals surface area contributed by atoms with E-state index in [2.05, 4.69) is 10.6 Å². The van der Waals surface area contributed by atoms with Crippen LogP contribution in [0.1, 0.15) is 5.76 Å². The lowest BCUT2D eigenvalue weighted by Gasteiger charge is -2.13. The van der Waals surface area contributed by atoms with E-state index in [9.17, 15) is 4.79 Å². The van der Waals surface area contributed by atoms with Gasteiger partial charge in [0.25, 0.3) is 0 Å². The van der Waals surface area contributed by atoms with E-state index in [1.807, 2.05) is 0 Å². The maximum absolute atomic E-state index is 11.8. The van der Waals surface area contributed by atoms with Crippen LogP contribution in [-0.2, 0) is 4.79 Å². The molecule has 1 aromatic carbocycles. The van der Waals surface area contributed by atoms with Gasteiger partial charge in [-0.2, -0.15) is 0 Å². The molecular weight excluding hydrogens is 316 g/mol. The van der Waals surface area contributed by atoms with Gasteiger partial charge in [0.2, 0.25) is 5.91 Å². The molecule has 1 heterocycles. The Bertz CT molecular complexity index is 711. The fourth-order valence-corrected chi connectivity index (χ4v) is 1.96. The molecule has 0 aliphatic heterocycles. The van der Waals surface area contributed by atoms with Gasteiger partial charge in [-0.1, -0.05) is 0 Å². The molecule has 0 aliphatic rings. The zero-order valence-corrected chi connectivity index (χ0v) is 13.5. The zero-order chi connectivity index (χ0) is 16.7. The molecule has 0 saturated heterocycles. The van der Waals surface area contributed by atoms with Crippen LogP contribution < -0.4 is 20.1 Å². The van der Waals surface area contributed by atoms with E-state index in [0.29, 0.717) is 22.9 Å². The Morgan fingerprint density at radius 1 is 1.26 bits per heavy atom. The lowest BCUT2D eigenvalue weighted by atomic mass is 10.2. The molecule has 0 fully saturated rings. The second-order valence-corrected chi connectivity index (χ2v) is 4.77. The third kappa shape index (κ3) is 4.86. The van der Waals surface area contributed by atoms with Crippen LogP contribution in [0, 0.1) is 0 Å². The average Bonchev–Trinajstić information content (AvgIpc) is 3.06. The van der Waals surface area contributed by atoms with Crippen molar-refractivity contribution in [1.82, 2.24) is 5.32 Å². The normalized spacial score (nSPS) is 10.3. The monoisotopic (exact) mass is 332 g/mol. The maximum Gasteiger partial charge on any atom is 0.250 e. The summed E-state index contributed by atoms with van der Waals surface area (Å²) in [5, 5.41) is 5.59. The number of carbonyl (C=O) groups is 1. The highest BCUT2D eigenvalue weighted by Crippen LogP contribution is 2.28. The Morgan fingerprint density at radius 2 is 2.09 bits per heavy atom. The largest absolute Gasteiger partial charge is 0.497 e. The summed E-state index contributed by atoms with van der Waals surface area (Å²) in [5.74, 6) is 1.41. The van der Waals surface area contributed by atoms with Crippen molar-refractivity contribution in [3.05, 3.63) is 48.4 Å². The minimum Gasteiger partial charge on any atom is -0.497 e. The summed E-state index contributed by atoms with van der Waals surface area (Å²) in [5.41, 5.74) is 0.619. The van der Waals surface area contributed by atoms with E-state index in [-0.39, 0.29) is 11.0 Å². The quantitative estimate of drug-likeness (QED) is 0.648. The molecule has 0 radical (unpaired) electrons. The van der Waals surface area contributed by atoms with Gasteiger partial charge in [-0.25, -0.2) is 0 Å². The number of amides is 1. The number of hydrogen-bond acceptors (Lipinski definition) is 5. The Hall–Kier alpha value is -2.80. The van der Waals surface area contributed by atoms with Crippen molar-refractivity contribution in [2.45, 2.75) is 0 Å². The highest BCUT2D eigenvalue weighted by molar-refractivity contribution is 7.80. The summed E-state index contributed by atoms with van der Waals surface area (Å²) >= 11 is 5.11. The summed E-state index contributed by atoms with van der Waals surface area (Å²) in [6, 6.07) is 8.69. The Kier molecular flexibility index (Phi) is 5.76. The highest BCUT2D eigenvalue weighted by atomic mass is 32.1. The Labute approximate surface area is 139 Å². The first-order valence-corrected chi connectivity index (χ1v) is 7.09. The van der Waals surface area contributed by atoms with Crippen LogP contribution in [0.3, 0.4) is 0 Å². The van der Waals surface area contributed by atoms with Crippen LogP contribution in [0.5, 0.6) is 11.5 Å². The summed E-state index contributed by atoms with van der Waals surface area (Å²) in [6.07, 6.45) is 4.41. The molecule has 0 saturated carbocycles. The van der Waals surface area contributed by atoms with Crippen LogP contribution in [0.15, 0.2) is 47.1 Å². The van der Waals surface area contributed by atoms with Crippen LogP contribution in [0.2, 0.25) is 0 Å². The van der Waals surface area contributed by atoms with Crippen molar-refractivity contribution in [2.24, 2.45) is 0 Å². The van der Waals surface area contributed by atoms with E-state index in [1.165, 1.54) is 19.4 Å². The number of benzene rings is 1. The SMILES string of the molecule is COc1ccc(NC(=S)NC(=O)/C=C/c2ccco2)c(OC)c1. The first kappa shape index (κ1) is 16.6. The smallest absolute Gasteiger partial charge is 0.250 e. The van der Waals surface area contributed by atoms with E-state index in [1.54, 1.807) is 43.5 Å². The molecule has 0 bridgehead atoms. The van der Waals surface area contributed by atoms with Gasteiger partial charge in [-0.15, -0.1) is 0 Å². The zero-order valence-electron chi connectivity index (χ0n) is 12.7. The lowest BCUT2D eigenvalue weighted by molar-refractivity contribution is -0.115. The predicted molar refractivity (Wildman–Crippen MR) is 91.7 cm³/mol. The van der Waals surface area contributed by atoms with E-state index in [0.717, 1.165) is 0 Å². The highest BCUT2D eigenvalue weighted by Gasteiger charge is 2.08. The van der Waals surface area contributed by atoms with Gasteiger partial charge in [0, 0.05) is 12.1 Å². The molecule has 2 N–H and O–H groups in total. The van der Waals surface area contributed by atoms with Crippen molar-refractivity contribution in [3.63, 3.8) is 0 Å². The molecule has 1 aromatic heterocycles. The van der Waals surface area contributed by atoms with Gasteiger partial charge in [-0.05, 0) is 42.6 Å². The van der Waals surface area contributed by atoms with Crippen molar-refractivity contribution < 1.29 is 18.7 Å². The topological polar surface area (TPSA) is 72.7 Å². The van der Waals surface area contributed by atoms with Crippen molar-refractivity contribution in [3.8, 4) is 11.5 Å². The first-order valence-electron chi connectivity index (χ1n) is 6.68.